The molecular formula is C18H15F3N2O4. The van der Waals surface area contributed by atoms with E-state index in [-0.39, 0.29) is 12.2 Å². The molecule has 0 aliphatic carbocycles. The van der Waals surface area contributed by atoms with Crippen molar-refractivity contribution in [2.75, 3.05) is 13.7 Å². The third-order valence-corrected chi connectivity index (χ3v) is 3.30. The van der Waals surface area contributed by atoms with Crippen molar-refractivity contribution < 1.29 is 32.2 Å². The number of nitrogens with one attached hydrogen (secondary N) is 1. The van der Waals surface area contributed by atoms with Gasteiger partial charge in [-0.3, -0.25) is 4.79 Å². The van der Waals surface area contributed by atoms with Crippen LogP contribution < -0.4 is 10.2 Å². The number of alkyl halides is 3. The SMILES string of the molecule is COC(=O)COc1ccc(/C=N\NC(=O)c2cccc(C(F)(F)F)c2)cc1. The second-order valence-electron chi connectivity index (χ2n) is 5.21. The maximum atomic E-state index is 12.7. The molecule has 0 aromatic heterocycles. The standard InChI is InChI=1S/C18H15F3N2O4/c1-26-16(24)11-27-15-7-5-12(6-8-15)10-22-23-17(25)13-3-2-4-14(9-13)18(19,20)21/h2-10H,11H2,1H3,(H,23,25)/b22-10-. The second kappa shape index (κ2) is 8.84. The van der Waals surface area contributed by atoms with Gasteiger partial charge in [-0.1, -0.05) is 6.07 Å². The molecule has 0 spiro atoms. The number of benzene rings is 2. The fraction of sp³-hybridized carbons (Fsp3) is 0.167. The molecule has 1 N–H and O–H groups in total. The van der Waals surface area contributed by atoms with Gasteiger partial charge in [-0.15, -0.1) is 0 Å². The van der Waals surface area contributed by atoms with Crippen molar-refractivity contribution in [1.29, 1.82) is 0 Å². The van der Waals surface area contributed by atoms with Crippen LogP contribution in [0.4, 0.5) is 13.2 Å². The van der Waals surface area contributed by atoms with Crippen LogP contribution in [0.5, 0.6) is 5.75 Å². The molecule has 0 bridgehead atoms. The Morgan fingerprint density at radius 1 is 1.15 bits per heavy atom. The minimum atomic E-state index is -4.53. The summed E-state index contributed by atoms with van der Waals surface area (Å²) in [5, 5.41) is 3.71. The first-order valence-corrected chi connectivity index (χ1v) is 7.60. The number of hydrogen-bond acceptors (Lipinski definition) is 5. The van der Waals surface area contributed by atoms with E-state index in [2.05, 4.69) is 15.3 Å². The van der Waals surface area contributed by atoms with Crippen LogP contribution in [-0.4, -0.2) is 31.8 Å². The highest BCUT2D eigenvalue weighted by Crippen LogP contribution is 2.29. The first-order valence-electron chi connectivity index (χ1n) is 7.60. The average molecular weight is 380 g/mol. The lowest BCUT2D eigenvalue weighted by Crippen LogP contribution is -2.18. The Bertz CT molecular complexity index is 833. The van der Waals surface area contributed by atoms with E-state index in [9.17, 15) is 22.8 Å². The summed E-state index contributed by atoms with van der Waals surface area (Å²) in [5.41, 5.74) is 1.69. The molecule has 142 valence electrons. The summed E-state index contributed by atoms with van der Waals surface area (Å²) in [5.74, 6) is -0.848. The molecule has 6 nitrogen and oxygen atoms in total. The first-order chi connectivity index (χ1) is 12.8. The zero-order valence-electron chi connectivity index (χ0n) is 14.1. The van der Waals surface area contributed by atoms with Gasteiger partial charge in [-0.05, 0) is 48.0 Å². The van der Waals surface area contributed by atoms with Crippen molar-refractivity contribution in [1.82, 2.24) is 5.43 Å². The van der Waals surface area contributed by atoms with E-state index in [0.717, 1.165) is 18.2 Å². The highest BCUT2D eigenvalue weighted by Gasteiger charge is 2.30. The fourth-order valence-electron chi connectivity index (χ4n) is 1.92. The zero-order chi connectivity index (χ0) is 19.9. The third kappa shape index (κ3) is 6.14. The van der Waals surface area contributed by atoms with Crippen molar-refractivity contribution in [2.45, 2.75) is 6.18 Å². The molecule has 2 rings (SSSR count). The predicted molar refractivity (Wildman–Crippen MR) is 90.5 cm³/mol. The van der Waals surface area contributed by atoms with E-state index in [1.807, 2.05) is 0 Å². The van der Waals surface area contributed by atoms with Crippen LogP contribution in [0, 0.1) is 0 Å². The number of amides is 1. The van der Waals surface area contributed by atoms with Gasteiger partial charge in [-0.25, -0.2) is 10.2 Å². The van der Waals surface area contributed by atoms with Crippen LogP contribution in [0.1, 0.15) is 21.5 Å². The molecule has 0 atom stereocenters. The molecule has 0 saturated heterocycles. The Morgan fingerprint density at radius 3 is 2.48 bits per heavy atom. The highest BCUT2D eigenvalue weighted by atomic mass is 19.4. The lowest BCUT2D eigenvalue weighted by molar-refractivity contribution is -0.143. The lowest BCUT2D eigenvalue weighted by Gasteiger charge is -2.07. The monoisotopic (exact) mass is 380 g/mol. The Labute approximate surface area is 152 Å². The van der Waals surface area contributed by atoms with E-state index in [1.165, 1.54) is 19.4 Å². The van der Waals surface area contributed by atoms with Gasteiger partial charge in [0.2, 0.25) is 0 Å². The van der Waals surface area contributed by atoms with Gasteiger partial charge in [-0.2, -0.15) is 18.3 Å². The molecule has 0 unspecified atom stereocenters. The number of methoxy groups -OCH3 is 1. The van der Waals surface area contributed by atoms with Crippen molar-refractivity contribution in [2.24, 2.45) is 5.10 Å². The molecular weight excluding hydrogens is 365 g/mol. The first kappa shape index (κ1) is 20.0. The minimum absolute atomic E-state index is 0.159. The Kier molecular flexibility index (Phi) is 6.53. The number of halogens is 3. The molecule has 0 aliphatic heterocycles. The van der Waals surface area contributed by atoms with Gasteiger partial charge in [0.15, 0.2) is 6.61 Å². The molecule has 27 heavy (non-hydrogen) atoms. The van der Waals surface area contributed by atoms with Crippen LogP contribution >= 0.6 is 0 Å². The van der Waals surface area contributed by atoms with E-state index < -0.39 is 23.6 Å². The van der Waals surface area contributed by atoms with Gasteiger partial charge in [0.25, 0.3) is 5.91 Å². The second-order valence-corrected chi connectivity index (χ2v) is 5.21. The molecule has 0 aliphatic rings. The molecule has 2 aromatic rings. The number of rotatable bonds is 6. The van der Waals surface area contributed by atoms with Crippen molar-refractivity contribution in [3.05, 3.63) is 65.2 Å². The summed E-state index contributed by atoms with van der Waals surface area (Å²) in [4.78, 5) is 22.9. The summed E-state index contributed by atoms with van der Waals surface area (Å²) < 4.78 is 47.6. The van der Waals surface area contributed by atoms with Crippen LogP contribution in [-0.2, 0) is 15.7 Å². The topological polar surface area (TPSA) is 77.0 Å². The Balaban J connectivity index is 1.93. The van der Waals surface area contributed by atoms with Gasteiger partial charge in [0, 0.05) is 5.56 Å². The number of ether oxygens (including phenoxy) is 2. The quantitative estimate of drug-likeness (QED) is 0.475. The Hall–Kier alpha value is -3.36. The number of carbonyl (C=O) groups is 2. The smallest absolute Gasteiger partial charge is 0.416 e. The van der Waals surface area contributed by atoms with E-state index >= 15 is 0 Å². The predicted octanol–water partition coefficient (Wildman–Crippen LogP) is 3.02. The van der Waals surface area contributed by atoms with E-state index in [1.54, 1.807) is 24.3 Å². The molecule has 0 saturated carbocycles. The molecule has 1 amide bonds. The number of carbonyl (C=O) groups excluding carboxylic acids is 2. The highest BCUT2D eigenvalue weighted by molar-refractivity contribution is 5.95. The molecule has 2 aromatic carbocycles. The summed E-state index contributed by atoms with van der Waals surface area (Å²) in [7, 11) is 1.25. The minimum Gasteiger partial charge on any atom is -0.482 e. The summed E-state index contributed by atoms with van der Waals surface area (Å²) in [6, 6.07) is 10.4. The van der Waals surface area contributed by atoms with Gasteiger partial charge in [0.05, 0.1) is 18.9 Å². The zero-order valence-corrected chi connectivity index (χ0v) is 14.1. The van der Waals surface area contributed by atoms with Crippen LogP contribution in [0.25, 0.3) is 0 Å². The summed E-state index contributed by atoms with van der Waals surface area (Å²) >= 11 is 0. The number of hydrogen-bond donors (Lipinski definition) is 1. The van der Waals surface area contributed by atoms with Gasteiger partial charge >= 0.3 is 12.1 Å². The van der Waals surface area contributed by atoms with Gasteiger partial charge in [0.1, 0.15) is 5.75 Å². The lowest BCUT2D eigenvalue weighted by atomic mass is 10.1. The van der Waals surface area contributed by atoms with Crippen LogP contribution in [0.15, 0.2) is 53.6 Å². The number of nitrogens with zero attached hydrogens (tertiary/aromatic N) is 1. The van der Waals surface area contributed by atoms with E-state index in [0.29, 0.717) is 11.3 Å². The fourth-order valence-corrected chi connectivity index (χ4v) is 1.92. The van der Waals surface area contributed by atoms with Crippen LogP contribution in [0.3, 0.4) is 0 Å². The largest absolute Gasteiger partial charge is 0.482 e. The molecule has 0 radical (unpaired) electrons. The summed E-state index contributed by atoms with van der Waals surface area (Å²) in [6.45, 7) is -0.225. The number of hydrazone groups is 1. The molecule has 0 fully saturated rings. The summed E-state index contributed by atoms with van der Waals surface area (Å²) in [6.07, 6.45) is -3.22. The normalized spacial score (nSPS) is 11.3. The maximum absolute atomic E-state index is 12.7. The number of esters is 1. The molecule has 9 heteroatoms. The van der Waals surface area contributed by atoms with Crippen LogP contribution in [0.2, 0.25) is 0 Å². The Morgan fingerprint density at radius 2 is 1.85 bits per heavy atom. The average Bonchev–Trinajstić information content (AvgIpc) is 2.66. The van der Waals surface area contributed by atoms with Crippen molar-refractivity contribution in [3.8, 4) is 5.75 Å². The maximum Gasteiger partial charge on any atom is 0.416 e. The van der Waals surface area contributed by atoms with Crippen molar-refractivity contribution in [3.63, 3.8) is 0 Å². The van der Waals surface area contributed by atoms with Crippen molar-refractivity contribution >= 4 is 18.1 Å². The molecule has 0 heterocycles. The van der Waals surface area contributed by atoms with E-state index in [4.69, 9.17) is 4.74 Å². The third-order valence-electron chi connectivity index (χ3n) is 3.30. The van der Waals surface area contributed by atoms with Gasteiger partial charge < -0.3 is 9.47 Å².